The summed E-state index contributed by atoms with van der Waals surface area (Å²) in [6, 6.07) is 0. The van der Waals surface area contributed by atoms with E-state index in [0.29, 0.717) is 13.2 Å². The molecule has 0 aromatic heterocycles. The number of carbonyl (C=O) groups is 1. The lowest BCUT2D eigenvalue weighted by Gasteiger charge is -2.25. The van der Waals surface area contributed by atoms with Gasteiger partial charge in [-0.25, -0.2) is 0 Å². The molecule has 0 aromatic rings. The van der Waals surface area contributed by atoms with Gasteiger partial charge < -0.3 is 9.64 Å². The van der Waals surface area contributed by atoms with E-state index in [1.54, 1.807) is 11.8 Å². The van der Waals surface area contributed by atoms with Crippen LogP contribution >= 0.6 is 0 Å². The lowest BCUT2D eigenvalue weighted by atomic mass is 10.4. The molecule has 3 nitrogen and oxygen atoms in total. The molecule has 0 N–H and O–H groups in total. The van der Waals surface area contributed by atoms with E-state index in [-0.39, 0.29) is 5.91 Å². The van der Waals surface area contributed by atoms with Crippen molar-refractivity contribution in [3.05, 3.63) is 0 Å². The molecule has 1 amide bonds. The number of ether oxygens (including phenoxy) is 1. The number of nitrogens with zero attached hydrogens (tertiary/aromatic N) is 1. The fraction of sp³-hybridized carbons (Fsp3) is 0.889. The van der Waals surface area contributed by atoms with E-state index >= 15 is 0 Å². The van der Waals surface area contributed by atoms with Crippen molar-refractivity contribution in [3.8, 4) is 0 Å². The maximum Gasteiger partial charge on any atom is 0.219 e. The third-order valence-corrected chi connectivity index (χ3v) is 1.46. The predicted molar refractivity (Wildman–Crippen MR) is 49.0 cm³/mol. The molecule has 1 aliphatic heterocycles. The standard InChI is InChI=1S/C6H11NO2.C3H8/c1-6(8)7-2-4-9-5-3-7;1-3-2/h2-5H2,1H3;3H2,1-2H3. The Morgan fingerprint density at radius 3 is 2.00 bits per heavy atom. The van der Waals surface area contributed by atoms with Crippen LogP contribution < -0.4 is 0 Å². The number of carbonyl (C=O) groups excluding carboxylic acids is 1. The van der Waals surface area contributed by atoms with E-state index in [9.17, 15) is 4.79 Å². The first-order chi connectivity index (χ1) is 5.72. The van der Waals surface area contributed by atoms with Gasteiger partial charge in [-0.15, -0.1) is 0 Å². The fourth-order valence-corrected chi connectivity index (χ4v) is 0.878. The third-order valence-electron chi connectivity index (χ3n) is 1.46. The first-order valence-corrected chi connectivity index (χ1v) is 4.55. The van der Waals surface area contributed by atoms with Crippen LogP contribution in [-0.2, 0) is 9.53 Å². The highest BCUT2D eigenvalue weighted by Gasteiger charge is 2.11. The van der Waals surface area contributed by atoms with Crippen molar-refractivity contribution in [2.75, 3.05) is 26.3 Å². The minimum Gasteiger partial charge on any atom is -0.378 e. The Labute approximate surface area is 74.7 Å². The maximum atomic E-state index is 10.7. The van der Waals surface area contributed by atoms with Crippen molar-refractivity contribution < 1.29 is 9.53 Å². The summed E-state index contributed by atoms with van der Waals surface area (Å²) in [6.45, 7) is 8.75. The van der Waals surface area contributed by atoms with Crippen LogP contribution in [-0.4, -0.2) is 37.1 Å². The highest BCUT2D eigenvalue weighted by atomic mass is 16.5. The summed E-state index contributed by atoms with van der Waals surface area (Å²) >= 11 is 0. The minimum absolute atomic E-state index is 0.151. The zero-order valence-electron chi connectivity index (χ0n) is 8.30. The number of rotatable bonds is 0. The van der Waals surface area contributed by atoms with Gasteiger partial charge in [-0.3, -0.25) is 4.79 Å². The molecule has 0 aliphatic carbocycles. The third kappa shape index (κ3) is 5.13. The molecule has 1 heterocycles. The van der Waals surface area contributed by atoms with Gasteiger partial charge in [-0.2, -0.15) is 0 Å². The predicted octanol–water partition coefficient (Wildman–Crippen LogP) is 1.28. The Balaban J connectivity index is 0.000000354. The lowest BCUT2D eigenvalue weighted by Crippen LogP contribution is -2.39. The molecule has 1 saturated heterocycles. The summed E-state index contributed by atoms with van der Waals surface area (Å²) in [5.74, 6) is 0.151. The SMILES string of the molecule is CC(=O)N1CCOCC1.CCC. The van der Waals surface area contributed by atoms with Gasteiger partial charge in [-0.1, -0.05) is 20.3 Å². The van der Waals surface area contributed by atoms with Crippen LogP contribution in [0, 0.1) is 0 Å². The van der Waals surface area contributed by atoms with E-state index < -0.39 is 0 Å². The van der Waals surface area contributed by atoms with Crippen molar-refractivity contribution in [2.45, 2.75) is 27.2 Å². The summed E-state index contributed by atoms with van der Waals surface area (Å²) in [6.07, 6.45) is 1.25. The van der Waals surface area contributed by atoms with Crippen molar-refractivity contribution in [2.24, 2.45) is 0 Å². The summed E-state index contributed by atoms with van der Waals surface area (Å²) in [5.41, 5.74) is 0. The molecule has 0 saturated carbocycles. The summed E-state index contributed by atoms with van der Waals surface area (Å²) in [7, 11) is 0. The highest BCUT2D eigenvalue weighted by Crippen LogP contribution is 1.95. The topological polar surface area (TPSA) is 29.5 Å². The van der Waals surface area contributed by atoms with Crippen molar-refractivity contribution in [1.82, 2.24) is 4.90 Å². The Bertz CT molecular complexity index is 120. The molecular formula is C9H19NO2. The van der Waals surface area contributed by atoms with E-state index in [0.717, 1.165) is 13.1 Å². The van der Waals surface area contributed by atoms with Crippen molar-refractivity contribution in [3.63, 3.8) is 0 Å². The first kappa shape index (κ1) is 11.4. The smallest absolute Gasteiger partial charge is 0.219 e. The van der Waals surface area contributed by atoms with Gasteiger partial charge >= 0.3 is 0 Å². The first-order valence-electron chi connectivity index (χ1n) is 4.55. The van der Waals surface area contributed by atoms with Gasteiger partial charge in [0.2, 0.25) is 5.91 Å². The Morgan fingerprint density at radius 1 is 1.33 bits per heavy atom. The van der Waals surface area contributed by atoms with E-state index in [2.05, 4.69) is 13.8 Å². The van der Waals surface area contributed by atoms with Gasteiger partial charge in [0.05, 0.1) is 13.2 Å². The van der Waals surface area contributed by atoms with Crippen LogP contribution in [0.2, 0.25) is 0 Å². The Morgan fingerprint density at radius 2 is 1.75 bits per heavy atom. The highest BCUT2D eigenvalue weighted by molar-refractivity contribution is 5.73. The zero-order chi connectivity index (χ0) is 9.40. The molecule has 0 unspecified atom stereocenters. The largest absolute Gasteiger partial charge is 0.378 e. The molecule has 72 valence electrons. The lowest BCUT2D eigenvalue weighted by molar-refractivity contribution is -0.132. The summed E-state index contributed by atoms with van der Waals surface area (Å²) < 4.78 is 5.06. The monoisotopic (exact) mass is 173 g/mol. The normalized spacial score (nSPS) is 16.4. The van der Waals surface area contributed by atoms with Crippen LogP contribution in [0.4, 0.5) is 0 Å². The average molecular weight is 173 g/mol. The van der Waals surface area contributed by atoms with Gasteiger partial charge in [0.15, 0.2) is 0 Å². The molecule has 1 rings (SSSR count). The number of morpholine rings is 1. The van der Waals surface area contributed by atoms with Crippen molar-refractivity contribution in [1.29, 1.82) is 0 Å². The van der Waals surface area contributed by atoms with Crippen LogP contribution in [0.15, 0.2) is 0 Å². The molecule has 1 aliphatic rings. The van der Waals surface area contributed by atoms with Gasteiger partial charge in [0.25, 0.3) is 0 Å². The zero-order valence-corrected chi connectivity index (χ0v) is 8.30. The second-order valence-electron chi connectivity index (χ2n) is 2.83. The summed E-state index contributed by atoms with van der Waals surface area (Å²) in [4.78, 5) is 12.5. The quantitative estimate of drug-likeness (QED) is 0.552. The van der Waals surface area contributed by atoms with E-state index in [4.69, 9.17) is 4.74 Å². The molecule has 0 spiro atoms. The van der Waals surface area contributed by atoms with Crippen LogP contribution in [0.1, 0.15) is 27.2 Å². The Hall–Kier alpha value is -0.570. The number of hydrogen-bond donors (Lipinski definition) is 0. The van der Waals surface area contributed by atoms with Crippen LogP contribution in [0.5, 0.6) is 0 Å². The van der Waals surface area contributed by atoms with Crippen molar-refractivity contribution >= 4 is 5.91 Å². The number of amides is 1. The second kappa shape index (κ2) is 7.10. The molecule has 3 heteroatoms. The molecule has 1 fully saturated rings. The second-order valence-corrected chi connectivity index (χ2v) is 2.83. The molecule has 0 atom stereocenters. The van der Waals surface area contributed by atoms with E-state index in [1.165, 1.54) is 6.42 Å². The van der Waals surface area contributed by atoms with Gasteiger partial charge in [-0.05, 0) is 0 Å². The van der Waals surface area contributed by atoms with Gasteiger partial charge in [0, 0.05) is 20.0 Å². The van der Waals surface area contributed by atoms with E-state index in [1.807, 2.05) is 0 Å². The average Bonchev–Trinajstić information content (AvgIpc) is 2.07. The molecule has 12 heavy (non-hydrogen) atoms. The maximum absolute atomic E-state index is 10.7. The van der Waals surface area contributed by atoms with Crippen LogP contribution in [0.3, 0.4) is 0 Å². The Kier molecular flexibility index (Phi) is 6.76. The van der Waals surface area contributed by atoms with Gasteiger partial charge in [0.1, 0.15) is 0 Å². The molecular weight excluding hydrogens is 154 g/mol. The molecule has 0 aromatic carbocycles. The number of hydrogen-bond acceptors (Lipinski definition) is 2. The fourth-order valence-electron chi connectivity index (χ4n) is 0.878. The van der Waals surface area contributed by atoms with Crippen LogP contribution in [0.25, 0.3) is 0 Å². The summed E-state index contributed by atoms with van der Waals surface area (Å²) in [5, 5.41) is 0. The molecule has 0 bridgehead atoms. The minimum atomic E-state index is 0.151. The molecule has 0 radical (unpaired) electrons.